The molecule has 1 aromatic carbocycles. The van der Waals surface area contributed by atoms with Crippen molar-refractivity contribution in [2.24, 2.45) is 0 Å². The average molecular weight is 342 g/mol. The number of hydrogen-bond donors (Lipinski definition) is 3. The van der Waals surface area contributed by atoms with E-state index in [0.29, 0.717) is 29.5 Å². The van der Waals surface area contributed by atoms with Crippen LogP contribution in [0, 0.1) is 11.3 Å². The van der Waals surface area contributed by atoms with E-state index >= 15 is 0 Å². The molecule has 0 spiro atoms. The number of nitrogens with one attached hydrogen (secondary N) is 2. The van der Waals surface area contributed by atoms with E-state index in [1.165, 1.54) is 0 Å². The number of H-pyrrole nitrogens is 1. The maximum Gasteiger partial charge on any atom is 0.270 e. The Hall–Kier alpha value is -2.85. The molecule has 3 N–H and O–H groups in total. The third kappa shape index (κ3) is 5.06. The fraction of sp³-hybridized carbons (Fsp3) is 0.389. The Balaban J connectivity index is 2.16. The topological polar surface area (TPSA) is 111 Å². The SMILES string of the molecule is COc1ccc(-c2nc(NCCCCCCO)[nH]c(=O)c2C#N)cc1. The van der Waals surface area contributed by atoms with Gasteiger partial charge in [0, 0.05) is 18.7 Å². The molecular weight excluding hydrogens is 320 g/mol. The normalized spacial score (nSPS) is 10.3. The Labute approximate surface area is 146 Å². The lowest BCUT2D eigenvalue weighted by atomic mass is 10.1. The van der Waals surface area contributed by atoms with E-state index < -0.39 is 5.56 Å². The molecule has 0 bridgehead atoms. The van der Waals surface area contributed by atoms with Crippen LogP contribution in [-0.2, 0) is 0 Å². The van der Waals surface area contributed by atoms with Crippen LogP contribution in [-0.4, -0.2) is 35.3 Å². The third-order valence-electron chi connectivity index (χ3n) is 3.77. The van der Waals surface area contributed by atoms with Crippen LogP contribution < -0.4 is 15.6 Å². The Kier molecular flexibility index (Phi) is 6.99. The summed E-state index contributed by atoms with van der Waals surface area (Å²) in [5.74, 6) is 1.03. The van der Waals surface area contributed by atoms with Gasteiger partial charge in [-0.15, -0.1) is 0 Å². The zero-order chi connectivity index (χ0) is 18.1. The molecule has 0 radical (unpaired) electrons. The number of ether oxygens (including phenoxy) is 1. The number of unbranched alkanes of at least 4 members (excludes halogenated alkanes) is 3. The molecule has 0 fully saturated rings. The molecule has 7 heteroatoms. The summed E-state index contributed by atoms with van der Waals surface area (Å²) in [5.41, 5.74) is 0.538. The minimum Gasteiger partial charge on any atom is -0.497 e. The van der Waals surface area contributed by atoms with Crippen LogP contribution in [0.1, 0.15) is 31.2 Å². The maximum atomic E-state index is 12.2. The van der Waals surface area contributed by atoms with Crippen LogP contribution in [0.15, 0.2) is 29.1 Å². The highest BCUT2D eigenvalue weighted by Crippen LogP contribution is 2.22. The fourth-order valence-corrected chi connectivity index (χ4v) is 2.42. The molecule has 1 heterocycles. The molecule has 0 atom stereocenters. The largest absolute Gasteiger partial charge is 0.497 e. The van der Waals surface area contributed by atoms with E-state index in [2.05, 4.69) is 15.3 Å². The molecule has 0 unspecified atom stereocenters. The van der Waals surface area contributed by atoms with Gasteiger partial charge < -0.3 is 15.2 Å². The highest BCUT2D eigenvalue weighted by Gasteiger charge is 2.13. The summed E-state index contributed by atoms with van der Waals surface area (Å²) in [6.07, 6.45) is 3.65. The van der Waals surface area contributed by atoms with Gasteiger partial charge in [-0.3, -0.25) is 9.78 Å². The van der Waals surface area contributed by atoms with Gasteiger partial charge in [-0.1, -0.05) is 12.8 Å². The van der Waals surface area contributed by atoms with Crippen molar-refractivity contribution in [2.45, 2.75) is 25.7 Å². The molecule has 0 aliphatic rings. The van der Waals surface area contributed by atoms with Gasteiger partial charge in [0.1, 0.15) is 17.4 Å². The van der Waals surface area contributed by atoms with E-state index in [4.69, 9.17) is 9.84 Å². The Morgan fingerprint density at radius 1 is 1.24 bits per heavy atom. The average Bonchev–Trinajstić information content (AvgIpc) is 2.64. The minimum absolute atomic E-state index is 0.0151. The van der Waals surface area contributed by atoms with E-state index in [-0.39, 0.29) is 12.2 Å². The van der Waals surface area contributed by atoms with Crippen LogP contribution in [0.5, 0.6) is 5.75 Å². The van der Waals surface area contributed by atoms with Crippen LogP contribution >= 0.6 is 0 Å². The van der Waals surface area contributed by atoms with Crippen molar-refractivity contribution in [2.75, 3.05) is 25.6 Å². The summed E-state index contributed by atoms with van der Waals surface area (Å²) < 4.78 is 5.12. The van der Waals surface area contributed by atoms with Gasteiger partial charge in [0.05, 0.1) is 12.8 Å². The molecule has 7 nitrogen and oxygen atoms in total. The van der Waals surface area contributed by atoms with Crippen molar-refractivity contribution in [1.82, 2.24) is 9.97 Å². The lowest BCUT2D eigenvalue weighted by molar-refractivity contribution is 0.283. The van der Waals surface area contributed by atoms with Crippen LogP contribution in [0.4, 0.5) is 5.95 Å². The predicted octanol–water partition coefficient (Wildman–Crippen LogP) is 2.28. The summed E-state index contributed by atoms with van der Waals surface area (Å²) >= 11 is 0. The van der Waals surface area contributed by atoms with Crippen LogP contribution in [0.3, 0.4) is 0 Å². The molecule has 2 aromatic rings. The van der Waals surface area contributed by atoms with E-state index in [1.54, 1.807) is 31.4 Å². The fourth-order valence-electron chi connectivity index (χ4n) is 2.42. The zero-order valence-electron chi connectivity index (χ0n) is 14.2. The summed E-state index contributed by atoms with van der Waals surface area (Å²) in [4.78, 5) is 19.1. The standard InChI is InChI=1S/C18H22N4O3/c1-25-14-8-6-13(7-9-14)16-15(12-19)17(24)22-18(21-16)20-10-4-2-3-5-11-23/h6-9,23H,2-5,10-11H2,1H3,(H2,20,21,22,24). The van der Waals surface area contributed by atoms with Gasteiger partial charge >= 0.3 is 0 Å². The monoisotopic (exact) mass is 342 g/mol. The van der Waals surface area contributed by atoms with Crippen molar-refractivity contribution < 1.29 is 9.84 Å². The number of anilines is 1. The highest BCUT2D eigenvalue weighted by atomic mass is 16.5. The molecule has 0 saturated carbocycles. The number of aromatic nitrogens is 2. The number of nitrogens with zero attached hydrogens (tertiary/aromatic N) is 2. The number of benzene rings is 1. The molecule has 0 amide bonds. The first-order valence-electron chi connectivity index (χ1n) is 8.23. The second kappa shape index (κ2) is 9.45. The van der Waals surface area contributed by atoms with Gasteiger partial charge in [0.15, 0.2) is 0 Å². The second-order valence-electron chi connectivity index (χ2n) is 5.54. The van der Waals surface area contributed by atoms with Gasteiger partial charge in [-0.2, -0.15) is 5.26 Å². The zero-order valence-corrected chi connectivity index (χ0v) is 14.2. The highest BCUT2D eigenvalue weighted by molar-refractivity contribution is 5.67. The van der Waals surface area contributed by atoms with Crippen LogP contribution in [0.25, 0.3) is 11.3 Å². The number of aliphatic hydroxyl groups is 1. The number of rotatable bonds is 9. The quantitative estimate of drug-likeness (QED) is 0.603. The minimum atomic E-state index is -0.467. The van der Waals surface area contributed by atoms with Gasteiger partial charge in [0.25, 0.3) is 5.56 Å². The number of aromatic amines is 1. The van der Waals surface area contributed by atoms with Crippen molar-refractivity contribution >= 4 is 5.95 Å². The molecule has 2 rings (SSSR count). The molecule has 1 aromatic heterocycles. The van der Waals surface area contributed by atoms with Gasteiger partial charge in [-0.25, -0.2) is 4.98 Å². The number of nitriles is 1. The van der Waals surface area contributed by atoms with E-state index in [9.17, 15) is 10.1 Å². The Morgan fingerprint density at radius 2 is 1.96 bits per heavy atom. The smallest absolute Gasteiger partial charge is 0.270 e. The van der Waals surface area contributed by atoms with Crippen LogP contribution in [0.2, 0.25) is 0 Å². The number of aliphatic hydroxyl groups excluding tert-OH is 1. The van der Waals surface area contributed by atoms with Crippen molar-refractivity contribution in [1.29, 1.82) is 5.26 Å². The number of methoxy groups -OCH3 is 1. The maximum absolute atomic E-state index is 12.2. The first-order valence-corrected chi connectivity index (χ1v) is 8.23. The van der Waals surface area contributed by atoms with Crippen molar-refractivity contribution in [3.63, 3.8) is 0 Å². The molecular formula is C18H22N4O3. The second-order valence-corrected chi connectivity index (χ2v) is 5.54. The van der Waals surface area contributed by atoms with E-state index in [1.807, 2.05) is 6.07 Å². The lowest BCUT2D eigenvalue weighted by Gasteiger charge is -2.09. The molecule has 25 heavy (non-hydrogen) atoms. The Morgan fingerprint density at radius 3 is 2.60 bits per heavy atom. The Bertz CT molecular complexity index is 778. The van der Waals surface area contributed by atoms with E-state index in [0.717, 1.165) is 25.7 Å². The molecule has 0 aliphatic heterocycles. The lowest BCUT2D eigenvalue weighted by Crippen LogP contribution is -2.17. The summed E-state index contributed by atoms with van der Waals surface area (Å²) in [6, 6.07) is 8.96. The molecule has 132 valence electrons. The summed E-state index contributed by atoms with van der Waals surface area (Å²) in [5, 5.41) is 21.1. The van der Waals surface area contributed by atoms with Crippen molar-refractivity contribution in [3.8, 4) is 23.1 Å². The molecule has 0 aliphatic carbocycles. The summed E-state index contributed by atoms with van der Waals surface area (Å²) in [6.45, 7) is 0.867. The first-order chi connectivity index (χ1) is 12.2. The first kappa shape index (κ1) is 18.5. The van der Waals surface area contributed by atoms with Gasteiger partial charge in [0.2, 0.25) is 5.95 Å². The van der Waals surface area contributed by atoms with Crippen molar-refractivity contribution in [3.05, 3.63) is 40.2 Å². The van der Waals surface area contributed by atoms with Gasteiger partial charge in [-0.05, 0) is 37.1 Å². The molecule has 0 saturated heterocycles. The third-order valence-corrected chi connectivity index (χ3v) is 3.77. The predicted molar refractivity (Wildman–Crippen MR) is 95.6 cm³/mol. The summed E-state index contributed by atoms with van der Waals surface area (Å²) in [7, 11) is 1.57. The number of hydrogen-bond acceptors (Lipinski definition) is 6.